The molecule has 14 heavy (non-hydrogen) atoms. The van der Waals surface area contributed by atoms with Crippen LogP contribution in [0.1, 0.15) is 45.9 Å². The number of aromatic nitrogens is 2. The first kappa shape index (κ1) is 11.2. The average Bonchev–Trinajstić information content (AvgIpc) is 2.46. The van der Waals surface area contributed by atoms with Crippen molar-refractivity contribution in [2.45, 2.75) is 52.2 Å². The standard InChI is InChI=1S/C11H20N2O/c1-9(2)10-12-6-8-13(10)7-5-11(3,4)14/h6,8-9,14H,5,7H2,1-4H3. The third-order valence-electron chi connectivity index (χ3n) is 2.23. The van der Waals surface area contributed by atoms with Crippen LogP contribution in [-0.4, -0.2) is 20.3 Å². The molecule has 0 saturated heterocycles. The number of nitrogens with zero attached hydrogens (tertiary/aromatic N) is 2. The van der Waals surface area contributed by atoms with Crippen LogP contribution >= 0.6 is 0 Å². The van der Waals surface area contributed by atoms with Crippen LogP contribution in [0.3, 0.4) is 0 Å². The molecule has 1 N–H and O–H groups in total. The van der Waals surface area contributed by atoms with Gasteiger partial charge in [-0.15, -0.1) is 0 Å². The first-order chi connectivity index (χ1) is 6.40. The summed E-state index contributed by atoms with van der Waals surface area (Å²) >= 11 is 0. The van der Waals surface area contributed by atoms with Gasteiger partial charge in [-0.2, -0.15) is 0 Å². The summed E-state index contributed by atoms with van der Waals surface area (Å²) in [5.74, 6) is 1.53. The smallest absolute Gasteiger partial charge is 0.111 e. The van der Waals surface area contributed by atoms with Gasteiger partial charge in [-0.25, -0.2) is 4.98 Å². The lowest BCUT2D eigenvalue weighted by Crippen LogP contribution is -2.21. The molecule has 0 bridgehead atoms. The Morgan fingerprint density at radius 1 is 1.50 bits per heavy atom. The molecular weight excluding hydrogens is 176 g/mol. The Kier molecular flexibility index (Phi) is 3.32. The molecule has 0 aliphatic heterocycles. The molecular formula is C11H20N2O. The van der Waals surface area contributed by atoms with Crippen molar-refractivity contribution in [1.29, 1.82) is 0 Å². The Morgan fingerprint density at radius 2 is 2.14 bits per heavy atom. The Balaban J connectivity index is 2.63. The second-order valence-electron chi connectivity index (χ2n) is 4.70. The molecule has 0 unspecified atom stereocenters. The Morgan fingerprint density at radius 3 is 2.64 bits per heavy atom. The number of hydrogen-bond acceptors (Lipinski definition) is 2. The minimum atomic E-state index is -0.599. The van der Waals surface area contributed by atoms with Gasteiger partial charge in [-0.05, 0) is 20.3 Å². The minimum absolute atomic E-state index is 0.437. The number of hydrogen-bond donors (Lipinski definition) is 1. The van der Waals surface area contributed by atoms with Crippen LogP contribution in [0.15, 0.2) is 12.4 Å². The fraction of sp³-hybridized carbons (Fsp3) is 0.727. The number of rotatable bonds is 4. The third-order valence-corrected chi connectivity index (χ3v) is 2.23. The van der Waals surface area contributed by atoms with Gasteiger partial charge in [0.1, 0.15) is 5.82 Å². The molecule has 3 nitrogen and oxygen atoms in total. The second kappa shape index (κ2) is 4.13. The lowest BCUT2D eigenvalue weighted by atomic mass is 10.1. The van der Waals surface area contributed by atoms with E-state index in [9.17, 15) is 5.11 Å². The Labute approximate surface area is 85.8 Å². The summed E-state index contributed by atoms with van der Waals surface area (Å²) in [5.41, 5.74) is -0.599. The van der Waals surface area contributed by atoms with Gasteiger partial charge in [0, 0.05) is 24.9 Å². The monoisotopic (exact) mass is 196 g/mol. The van der Waals surface area contributed by atoms with E-state index < -0.39 is 5.60 Å². The summed E-state index contributed by atoms with van der Waals surface area (Å²) in [6.45, 7) is 8.75. The lowest BCUT2D eigenvalue weighted by Gasteiger charge is -2.18. The fourth-order valence-corrected chi connectivity index (χ4v) is 1.40. The maximum absolute atomic E-state index is 9.61. The quantitative estimate of drug-likeness (QED) is 0.801. The number of aliphatic hydroxyl groups is 1. The molecule has 0 saturated carbocycles. The van der Waals surface area contributed by atoms with Crippen LogP contribution in [-0.2, 0) is 6.54 Å². The predicted molar refractivity (Wildman–Crippen MR) is 57.2 cm³/mol. The first-order valence-electron chi connectivity index (χ1n) is 5.13. The molecule has 0 spiro atoms. The molecule has 0 radical (unpaired) electrons. The molecule has 1 rings (SSSR count). The van der Waals surface area contributed by atoms with Crippen molar-refractivity contribution < 1.29 is 5.11 Å². The van der Waals surface area contributed by atoms with E-state index in [2.05, 4.69) is 23.4 Å². The molecule has 1 aromatic rings. The number of aryl methyl sites for hydroxylation is 1. The van der Waals surface area contributed by atoms with Crippen molar-refractivity contribution in [3.63, 3.8) is 0 Å². The largest absolute Gasteiger partial charge is 0.390 e. The van der Waals surface area contributed by atoms with Crippen molar-refractivity contribution in [3.05, 3.63) is 18.2 Å². The predicted octanol–water partition coefficient (Wildman–Crippen LogP) is 2.17. The van der Waals surface area contributed by atoms with E-state index in [-0.39, 0.29) is 0 Å². The van der Waals surface area contributed by atoms with Crippen molar-refractivity contribution >= 4 is 0 Å². The average molecular weight is 196 g/mol. The maximum atomic E-state index is 9.61. The fourth-order valence-electron chi connectivity index (χ4n) is 1.40. The van der Waals surface area contributed by atoms with Gasteiger partial charge < -0.3 is 9.67 Å². The van der Waals surface area contributed by atoms with Gasteiger partial charge in [0.15, 0.2) is 0 Å². The molecule has 3 heteroatoms. The maximum Gasteiger partial charge on any atom is 0.111 e. The SMILES string of the molecule is CC(C)c1nccn1CCC(C)(C)O. The summed E-state index contributed by atoms with van der Waals surface area (Å²) in [5, 5.41) is 9.61. The van der Waals surface area contributed by atoms with Gasteiger partial charge in [0.05, 0.1) is 5.60 Å². The van der Waals surface area contributed by atoms with E-state index in [1.807, 2.05) is 26.2 Å². The molecule has 0 aliphatic rings. The van der Waals surface area contributed by atoms with Gasteiger partial charge >= 0.3 is 0 Å². The van der Waals surface area contributed by atoms with Crippen LogP contribution < -0.4 is 0 Å². The highest BCUT2D eigenvalue weighted by molar-refractivity contribution is 4.97. The molecule has 0 aromatic carbocycles. The molecule has 0 fully saturated rings. The zero-order valence-electron chi connectivity index (χ0n) is 9.49. The zero-order chi connectivity index (χ0) is 10.8. The van der Waals surface area contributed by atoms with Gasteiger partial charge in [0.2, 0.25) is 0 Å². The van der Waals surface area contributed by atoms with Crippen LogP contribution in [0.2, 0.25) is 0 Å². The minimum Gasteiger partial charge on any atom is -0.390 e. The van der Waals surface area contributed by atoms with E-state index in [4.69, 9.17) is 0 Å². The van der Waals surface area contributed by atoms with Crippen molar-refractivity contribution in [2.24, 2.45) is 0 Å². The molecule has 80 valence electrons. The highest BCUT2D eigenvalue weighted by atomic mass is 16.3. The first-order valence-corrected chi connectivity index (χ1v) is 5.13. The Hall–Kier alpha value is -0.830. The van der Waals surface area contributed by atoms with Crippen molar-refractivity contribution in [1.82, 2.24) is 9.55 Å². The van der Waals surface area contributed by atoms with E-state index >= 15 is 0 Å². The third kappa shape index (κ3) is 3.14. The van der Waals surface area contributed by atoms with E-state index in [1.54, 1.807) is 0 Å². The second-order valence-corrected chi connectivity index (χ2v) is 4.70. The van der Waals surface area contributed by atoms with Crippen LogP contribution in [0, 0.1) is 0 Å². The van der Waals surface area contributed by atoms with E-state index in [1.165, 1.54) is 0 Å². The van der Waals surface area contributed by atoms with Crippen molar-refractivity contribution in [3.8, 4) is 0 Å². The van der Waals surface area contributed by atoms with Gasteiger partial charge in [-0.3, -0.25) is 0 Å². The highest BCUT2D eigenvalue weighted by Gasteiger charge is 2.14. The summed E-state index contributed by atoms with van der Waals surface area (Å²) < 4.78 is 2.11. The summed E-state index contributed by atoms with van der Waals surface area (Å²) in [7, 11) is 0. The van der Waals surface area contributed by atoms with Crippen LogP contribution in [0.4, 0.5) is 0 Å². The molecule has 0 atom stereocenters. The lowest BCUT2D eigenvalue weighted by molar-refractivity contribution is 0.0659. The molecule has 0 aliphatic carbocycles. The van der Waals surface area contributed by atoms with Crippen LogP contribution in [0.25, 0.3) is 0 Å². The molecule has 1 aromatic heterocycles. The van der Waals surface area contributed by atoms with E-state index in [0.717, 1.165) is 18.8 Å². The van der Waals surface area contributed by atoms with Crippen molar-refractivity contribution in [2.75, 3.05) is 0 Å². The van der Waals surface area contributed by atoms with E-state index in [0.29, 0.717) is 5.92 Å². The Bertz CT molecular complexity index is 284. The summed E-state index contributed by atoms with van der Waals surface area (Å²) in [6.07, 6.45) is 4.55. The number of imidazole rings is 1. The molecule has 1 heterocycles. The summed E-state index contributed by atoms with van der Waals surface area (Å²) in [6, 6.07) is 0. The van der Waals surface area contributed by atoms with Gasteiger partial charge in [0.25, 0.3) is 0 Å². The zero-order valence-corrected chi connectivity index (χ0v) is 9.49. The highest BCUT2D eigenvalue weighted by Crippen LogP contribution is 2.15. The van der Waals surface area contributed by atoms with Gasteiger partial charge in [-0.1, -0.05) is 13.8 Å². The summed E-state index contributed by atoms with van der Waals surface area (Å²) in [4.78, 5) is 4.30. The van der Waals surface area contributed by atoms with Crippen LogP contribution in [0.5, 0.6) is 0 Å². The molecule has 0 amide bonds. The topological polar surface area (TPSA) is 38.0 Å². The normalized spacial score (nSPS) is 12.4.